The Labute approximate surface area is 142 Å². The van der Waals surface area contributed by atoms with E-state index in [9.17, 15) is 9.90 Å². The molecular weight excluding hydrogens is 304 g/mol. The number of rotatable bonds is 4. The zero-order chi connectivity index (χ0) is 17.3. The normalized spacial score (nSPS) is 20.3. The molecule has 2 aromatic rings. The molecule has 0 spiro atoms. The molecule has 1 aliphatic rings. The fraction of sp³-hybridized carbons (Fsp3) is 0.500. The highest BCUT2D eigenvalue weighted by Gasteiger charge is 2.29. The van der Waals surface area contributed by atoms with Gasteiger partial charge in [0.15, 0.2) is 5.69 Å². The van der Waals surface area contributed by atoms with E-state index in [4.69, 9.17) is 0 Å². The van der Waals surface area contributed by atoms with Crippen LogP contribution in [0, 0.1) is 19.8 Å². The summed E-state index contributed by atoms with van der Waals surface area (Å²) in [5, 5.41) is 18.2. The van der Waals surface area contributed by atoms with E-state index in [1.54, 1.807) is 16.6 Å². The van der Waals surface area contributed by atoms with Crippen molar-refractivity contribution in [3.8, 4) is 5.69 Å². The number of benzene rings is 1. The van der Waals surface area contributed by atoms with E-state index in [-0.39, 0.29) is 17.9 Å². The summed E-state index contributed by atoms with van der Waals surface area (Å²) in [5.74, 6) is 0.0105. The van der Waals surface area contributed by atoms with Crippen LogP contribution in [0.1, 0.15) is 41.0 Å². The van der Waals surface area contributed by atoms with Gasteiger partial charge in [0.1, 0.15) is 0 Å². The SMILES string of the molecule is Cc1ccc(-n2nnc(C(=O)N(C)CC3CCCC3O)c2C)cc1. The van der Waals surface area contributed by atoms with Crippen molar-refractivity contribution in [2.45, 2.75) is 39.2 Å². The number of aromatic nitrogens is 3. The Morgan fingerprint density at radius 3 is 2.62 bits per heavy atom. The largest absolute Gasteiger partial charge is 0.393 e. The molecule has 1 aliphatic carbocycles. The zero-order valence-electron chi connectivity index (χ0n) is 14.4. The van der Waals surface area contributed by atoms with Crippen molar-refractivity contribution in [2.75, 3.05) is 13.6 Å². The number of amides is 1. The van der Waals surface area contributed by atoms with E-state index < -0.39 is 0 Å². The summed E-state index contributed by atoms with van der Waals surface area (Å²) in [7, 11) is 1.76. The van der Waals surface area contributed by atoms with Crippen molar-refractivity contribution in [3.63, 3.8) is 0 Å². The standard InChI is InChI=1S/C18H24N4O2/c1-12-7-9-15(10-8-12)22-13(2)17(19-20-22)18(24)21(3)11-14-5-4-6-16(14)23/h7-10,14,16,23H,4-6,11H2,1-3H3. The van der Waals surface area contributed by atoms with Gasteiger partial charge in [0.2, 0.25) is 0 Å². The molecular formula is C18H24N4O2. The third-order valence-electron chi connectivity index (χ3n) is 4.85. The highest BCUT2D eigenvalue weighted by Crippen LogP contribution is 2.26. The third kappa shape index (κ3) is 3.19. The van der Waals surface area contributed by atoms with E-state index in [1.165, 1.54) is 5.56 Å². The summed E-state index contributed by atoms with van der Waals surface area (Å²) in [6, 6.07) is 7.94. The first-order valence-electron chi connectivity index (χ1n) is 8.40. The minimum absolute atomic E-state index is 0.148. The second-order valence-electron chi connectivity index (χ2n) is 6.71. The molecule has 2 atom stereocenters. The van der Waals surface area contributed by atoms with Crippen molar-refractivity contribution >= 4 is 5.91 Å². The molecule has 1 N–H and O–H groups in total. The molecule has 1 amide bonds. The van der Waals surface area contributed by atoms with E-state index in [0.717, 1.165) is 30.6 Å². The molecule has 24 heavy (non-hydrogen) atoms. The molecule has 1 heterocycles. The maximum atomic E-state index is 12.7. The fourth-order valence-corrected chi connectivity index (χ4v) is 3.30. The van der Waals surface area contributed by atoms with Crippen LogP contribution in [-0.2, 0) is 0 Å². The average molecular weight is 328 g/mol. The Kier molecular flexibility index (Phi) is 4.66. The highest BCUT2D eigenvalue weighted by molar-refractivity contribution is 5.93. The van der Waals surface area contributed by atoms with Crippen LogP contribution >= 0.6 is 0 Å². The van der Waals surface area contributed by atoms with Crippen molar-refractivity contribution < 1.29 is 9.90 Å². The Morgan fingerprint density at radius 1 is 1.29 bits per heavy atom. The van der Waals surface area contributed by atoms with Gasteiger partial charge in [-0.15, -0.1) is 5.10 Å². The number of hydrogen-bond donors (Lipinski definition) is 1. The van der Waals surface area contributed by atoms with E-state index in [0.29, 0.717) is 12.2 Å². The van der Waals surface area contributed by atoms with Crippen molar-refractivity contribution in [2.24, 2.45) is 5.92 Å². The lowest BCUT2D eigenvalue weighted by atomic mass is 10.1. The smallest absolute Gasteiger partial charge is 0.276 e. The molecule has 1 fully saturated rings. The van der Waals surface area contributed by atoms with Gasteiger partial charge in [0, 0.05) is 19.5 Å². The monoisotopic (exact) mass is 328 g/mol. The van der Waals surface area contributed by atoms with Gasteiger partial charge in [0.05, 0.1) is 17.5 Å². The first kappa shape index (κ1) is 16.6. The second kappa shape index (κ2) is 6.73. The van der Waals surface area contributed by atoms with Crippen molar-refractivity contribution in [1.82, 2.24) is 19.9 Å². The Bertz CT molecular complexity index is 723. The molecule has 1 aromatic carbocycles. The van der Waals surface area contributed by atoms with Gasteiger partial charge in [-0.05, 0) is 38.8 Å². The highest BCUT2D eigenvalue weighted by atomic mass is 16.3. The number of aliphatic hydroxyl groups is 1. The predicted molar refractivity (Wildman–Crippen MR) is 91.1 cm³/mol. The number of hydrogen-bond acceptors (Lipinski definition) is 4. The maximum Gasteiger partial charge on any atom is 0.276 e. The minimum atomic E-state index is -0.301. The molecule has 0 aliphatic heterocycles. The van der Waals surface area contributed by atoms with Gasteiger partial charge in [0.25, 0.3) is 5.91 Å². The van der Waals surface area contributed by atoms with E-state index in [1.807, 2.05) is 38.1 Å². The molecule has 3 rings (SSSR count). The summed E-state index contributed by atoms with van der Waals surface area (Å²) < 4.78 is 1.69. The van der Waals surface area contributed by atoms with Crippen LogP contribution in [0.15, 0.2) is 24.3 Å². The molecule has 1 aromatic heterocycles. The van der Waals surface area contributed by atoms with Crippen molar-refractivity contribution in [1.29, 1.82) is 0 Å². The molecule has 0 bridgehead atoms. The molecule has 6 nitrogen and oxygen atoms in total. The van der Waals surface area contributed by atoms with Crippen LogP contribution < -0.4 is 0 Å². The maximum absolute atomic E-state index is 12.7. The lowest BCUT2D eigenvalue weighted by Crippen LogP contribution is -2.35. The molecule has 2 unspecified atom stereocenters. The number of nitrogens with zero attached hydrogens (tertiary/aromatic N) is 4. The van der Waals surface area contributed by atoms with Crippen LogP contribution in [0.3, 0.4) is 0 Å². The van der Waals surface area contributed by atoms with Gasteiger partial charge in [-0.1, -0.05) is 29.3 Å². The first-order valence-corrected chi connectivity index (χ1v) is 8.40. The van der Waals surface area contributed by atoms with Crippen LogP contribution in [-0.4, -0.2) is 50.6 Å². The summed E-state index contributed by atoms with van der Waals surface area (Å²) >= 11 is 0. The Hall–Kier alpha value is -2.21. The fourth-order valence-electron chi connectivity index (χ4n) is 3.30. The first-order chi connectivity index (χ1) is 11.5. The molecule has 1 saturated carbocycles. The van der Waals surface area contributed by atoms with Crippen LogP contribution in [0.2, 0.25) is 0 Å². The summed E-state index contributed by atoms with van der Waals surface area (Å²) in [6.45, 7) is 4.43. The Morgan fingerprint density at radius 2 is 2.00 bits per heavy atom. The predicted octanol–water partition coefficient (Wildman–Crippen LogP) is 2.12. The average Bonchev–Trinajstić information content (AvgIpc) is 3.14. The van der Waals surface area contributed by atoms with Gasteiger partial charge < -0.3 is 10.0 Å². The molecule has 0 saturated heterocycles. The molecule has 6 heteroatoms. The Balaban J connectivity index is 1.77. The quantitative estimate of drug-likeness (QED) is 0.933. The van der Waals surface area contributed by atoms with Gasteiger partial charge in [-0.3, -0.25) is 4.79 Å². The number of carbonyl (C=O) groups is 1. The lowest BCUT2D eigenvalue weighted by molar-refractivity contribution is 0.0687. The topological polar surface area (TPSA) is 71.2 Å². The molecule has 0 radical (unpaired) electrons. The minimum Gasteiger partial charge on any atom is -0.393 e. The third-order valence-corrected chi connectivity index (χ3v) is 4.85. The van der Waals surface area contributed by atoms with E-state index >= 15 is 0 Å². The van der Waals surface area contributed by atoms with Crippen LogP contribution in [0.5, 0.6) is 0 Å². The number of aliphatic hydroxyl groups excluding tert-OH is 1. The zero-order valence-corrected chi connectivity index (χ0v) is 14.4. The van der Waals surface area contributed by atoms with Crippen LogP contribution in [0.25, 0.3) is 5.69 Å². The van der Waals surface area contributed by atoms with E-state index in [2.05, 4.69) is 10.3 Å². The number of aryl methyl sites for hydroxylation is 1. The number of carbonyl (C=O) groups excluding carboxylic acids is 1. The van der Waals surface area contributed by atoms with Gasteiger partial charge in [-0.25, -0.2) is 4.68 Å². The van der Waals surface area contributed by atoms with Gasteiger partial charge >= 0.3 is 0 Å². The summed E-state index contributed by atoms with van der Waals surface area (Å²) in [4.78, 5) is 14.3. The lowest BCUT2D eigenvalue weighted by Gasteiger charge is -2.22. The second-order valence-corrected chi connectivity index (χ2v) is 6.71. The van der Waals surface area contributed by atoms with Crippen molar-refractivity contribution in [3.05, 3.63) is 41.2 Å². The molecule has 128 valence electrons. The van der Waals surface area contributed by atoms with Gasteiger partial charge in [-0.2, -0.15) is 0 Å². The van der Waals surface area contributed by atoms with Crippen LogP contribution in [0.4, 0.5) is 0 Å². The summed E-state index contributed by atoms with van der Waals surface area (Å²) in [5.41, 5.74) is 3.15. The summed E-state index contributed by atoms with van der Waals surface area (Å²) in [6.07, 6.45) is 2.52.